The van der Waals surface area contributed by atoms with E-state index < -0.39 is 0 Å². The highest BCUT2D eigenvalue weighted by molar-refractivity contribution is 8.18. The van der Waals surface area contributed by atoms with Crippen molar-refractivity contribution in [3.8, 4) is 0 Å². The SMILES string of the molecule is C=CCC1([C@H](C)[C@@H](O)CCCC)SCCCS1. The van der Waals surface area contributed by atoms with Gasteiger partial charge in [-0.25, -0.2) is 0 Å². The monoisotopic (exact) mass is 274 g/mol. The number of hydrogen-bond acceptors (Lipinski definition) is 3. The molecule has 0 unspecified atom stereocenters. The molecule has 0 amide bonds. The van der Waals surface area contributed by atoms with Crippen molar-refractivity contribution in [2.45, 2.75) is 56.1 Å². The van der Waals surface area contributed by atoms with Gasteiger partial charge in [0.25, 0.3) is 0 Å². The van der Waals surface area contributed by atoms with Gasteiger partial charge in [0.1, 0.15) is 0 Å². The first-order valence-corrected chi connectivity index (χ1v) is 8.70. The summed E-state index contributed by atoms with van der Waals surface area (Å²) in [7, 11) is 0. The second kappa shape index (κ2) is 7.75. The summed E-state index contributed by atoms with van der Waals surface area (Å²) in [6.07, 6.45) is 7.40. The van der Waals surface area contributed by atoms with Gasteiger partial charge in [-0.15, -0.1) is 30.1 Å². The van der Waals surface area contributed by atoms with Gasteiger partial charge in [-0.3, -0.25) is 0 Å². The molecule has 1 N–H and O–H groups in total. The van der Waals surface area contributed by atoms with Gasteiger partial charge in [0, 0.05) is 5.92 Å². The van der Waals surface area contributed by atoms with E-state index in [-0.39, 0.29) is 10.2 Å². The number of rotatable bonds is 7. The van der Waals surface area contributed by atoms with Crippen LogP contribution in [0.15, 0.2) is 12.7 Å². The molecule has 0 aromatic rings. The van der Waals surface area contributed by atoms with Gasteiger partial charge >= 0.3 is 0 Å². The molecule has 1 nitrogen and oxygen atoms in total. The molecule has 1 aliphatic rings. The maximum atomic E-state index is 10.3. The van der Waals surface area contributed by atoms with Crippen LogP contribution in [0.1, 0.15) is 46.0 Å². The Morgan fingerprint density at radius 3 is 2.59 bits per heavy atom. The Bertz CT molecular complexity index is 224. The minimum absolute atomic E-state index is 0.159. The lowest BCUT2D eigenvalue weighted by Gasteiger charge is -2.42. The van der Waals surface area contributed by atoms with Crippen molar-refractivity contribution in [2.75, 3.05) is 11.5 Å². The van der Waals surface area contributed by atoms with Gasteiger partial charge in [-0.1, -0.05) is 32.8 Å². The third-order valence-electron chi connectivity index (χ3n) is 3.53. The first kappa shape index (κ1) is 15.5. The molecule has 1 aliphatic heterocycles. The van der Waals surface area contributed by atoms with Crippen molar-refractivity contribution in [1.82, 2.24) is 0 Å². The van der Waals surface area contributed by atoms with E-state index >= 15 is 0 Å². The van der Waals surface area contributed by atoms with Crippen molar-refractivity contribution in [3.63, 3.8) is 0 Å². The standard InChI is InChI=1S/C14H26OS2/c1-4-6-8-13(15)12(3)14(9-5-2)16-10-7-11-17-14/h5,12-13,15H,2,4,6-11H2,1,3H3/t12-,13+/m1/s1. The Kier molecular flexibility index (Phi) is 7.05. The molecular formula is C14H26OS2. The number of unbranched alkanes of at least 4 members (excludes halogenated alkanes) is 1. The van der Waals surface area contributed by atoms with Crippen molar-refractivity contribution in [2.24, 2.45) is 5.92 Å². The fourth-order valence-corrected chi connectivity index (χ4v) is 5.91. The fraction of sp³-hybridized carbons (Fsp3) is 0.857. The van der Waals surface area contributed by atoms with Crippen LogP contribution >= 0.6 is 23.5 Å². The van der Waals surface area contributed by atoms with Crippen LogP contribution in [0.25, 0.3) is 0 Å². The summed E-state index contributed by atoms with van der Waals surface area (Å²) < 4.78 is 0.174. The minimum Gasteiger partial charge on any atom is -0.393 e. The highest BCUT2D eigenvalue weighted by Gasteiger charge is 2.40. The van der Waals surface area contributed by atoms with E-state index in [1.165, 1.54) is 24.3 Å². The lowest BCUT2D eigenvalue weighted by Crippen LogP contribution is -2.39. The summed E-state index contributed by atoms with van der Waals surface area (Å²) in [4.78, 5) is 0. The number of aliphatic hydroxyl groups excluding tert-OH is 1. The lowest BCUT2D eigenvalue weighted by atomic mass is 9.94. The van der Waals surface area contributed by atoms with Crippen LogP contribution < -0.4 is 0 Å². The molecular weight excluding hydrogens is 248 g/mol. The molecule has 1 saturated heterocycles. The van der Waals surface area contributed by atoms with E-state index in [9.17, 15) is 5.11 Å². The molecule has 0 aliphatic carbocycles. The first-order valence-electron chi connectivity index (χ1n) is 6.73. The molecule has 17 heavy (non-hydrogen) atoms. The summed E-state index contributed by atoms with van der Waals surface area (Å²) in [5.41, 5.74) is 0. The Morgan fingerprint density at radius 1 is 1.41 bits per heavy atom. The van der Waals surface area contributed by atoms with Crippen molar-refractivity contribution < 1.29 is 5.11 Å². The summed E-state index contributed by atoms with van der Waals surface area (Å²) in [6.45, 7) is 8.29. The summed E-state index contributed by atoms with van der Waals surface area (Å²) >= 11 is 4.07. The Balaban J connectivity index is 2.64. The Labute approximate surface area is 115 Å². The van der Waals surface area contributed by atoms with Crippen LogP contribution in [-0.4, -0.2) is 26.8 Å². The van der Waals surface area contributed by atoms with E-state index in [1.54, 1.807) is 0 Å². The van der Waals surface area contributed by atoms with Crippen molar-refractivity contribution >= 4 is 23.5 Å². The largest absolute Gasteiger partial charge is 0.393 e. The molecule has 0 aromatic heterocycles. The molecule has 1 heterocycles. The molecule has 2 atom stereocenters. The summed E-state index contributed by atoms with van der Waals surface area (Å²) in [5.74, 6) is 2.81. The van der Waals surface area contributed by atoms with Gasteiger partial charge in [-0.05, 0) is 30.8 Å². The molecule has 1 rings (SSSR count). The van der Waals surface area contributed by atoms with Crippen LogP contribution in [0.5, 0.6) is 0 Å². The zero-order valence-corrected chi connectivity index (χ0v) is 12.8. The van der Waals surface area contributed by atoms with Crippen LogP contribution in [0, 0.1) is 5.92 Å². The van der Waals surface area contributed by atoms with E-state index in [0.717, 1.165) is 19.3 Å². The third kappa shape index (κ3) is 4.22. The molecule has 3 heteroatoms. The van der Waals surface area contributed by atoms with E-state index in [4.69, 9.17) is 0 Å². The predicted molar refractivity (Wildman–Crippen MR) is 81.8 cm³/mol. The molecule has 0 aromatic carbocycles. The molecule has 1 fully saturated rings. The Morgan fingerprint density at radius 2 is 2.06 bits per heavy atom. The van der Waals surface area contributed by atoms with Gasteiger partial charge < -0.3 is 5.11 Å². The molecule has 100 valence electrons. The number of allylic oxidation sites excluding steroid dienone is 1. The van der Waals surface area contributed by atoms with Gasteiger partial charge in [0.15, 0.2) is 0 Å². The third-order valence-corrected chi connectivity index (χ3v) is 7.28. The van der Waals surface area contributed by atoms with Crippen LogP contribution in [0.3, 0.4) is 0 Å². The minimum atomic E-state index is -0.159. The maximum absolute atomic E-state index is 10.3. The summed E-state index contributed by atoms with van der Waals surface area (Å²) in [6, 6.07) is 0. The number of aliphatic hydroxyl groups is 1. The Hall–Kier alpha value is 0.400. The van der Waals surface area contributed by atoms with Crippen LogP contribution in [0.4, 0.5) is 0 Å². The zero-order valence-electron chi connectivity index (χ0n) is 11.2. The topological polar surface area (TPSA) is 20.2 Å². The highest BCUT2D eigenvalue weighted by atomic mass is 32.2. The average molecular weight is 274 g/mol. The predicted octanol–water partition coefficient (Wildman–Crippen LogP) is 4.32. The molecule has 0 bridgehead atoms. The number of hydrogen-bond donors (Lipinski definition) is 1. The van der Waals surface area contributed by atoms with E-state index in [2.05, 4.69) is 20.4 Å². The van der Waals surface area contributed by atoms with Crippen LogP contribution in [0.2, 0.25) is 0 Å². The normalized spacial score (nSPS) is 23.0. The fourth-order valence-electron chi connectivity index (χ4n) is 2.31. The molecule has 0 spiro atoms. The van der Waals surface area contributed by atoms with Gasteiger partial charge in [0.2, 0.25) is 0 Å². The first-order chi connectivity index (χ1) is 8.16. The van der Waals surface area contributed by atoms with Crippen LogP contribution in [-0.2, 0) is 0 Å². The van der Waals surface area contributed by atoms with Crippen molar-refractivity contribution in [1.29, 1.82) is 0 Å². The molecule has 0 saturated carbocycles. The second-order valence-corrected chi connectivity index (χ2v) is 7.96. The zero-order chi connectivity index (χ0) is 12.7. The maximum Gasteiger partial charge on any atom is 0.0695 e. The smallest absolute Gasteiger partial charge is 0.0695 e. The van der Waals surface area contributed by atoms with E-state index in [0.29, 0.717) is 5.92 Å². The summed E-state index contributed by atoms with van der Waals surface area (Å²) in [5, 5.41) is 10.3. The van der Waals surface area contributed by atoms with Gasteiger partial charge in [-0.2, -0.15) is 0 Å². The average Bonchev–Trinajstić information content (AvgIpc) is 2.36. The highest BCUT2D eigenvalue weighted by Crippen LogP contribution is 2.51. The van der Waals surface area contributed by atoms with Gasteiger partial charge in [0.05, 0.1) is 10.2 Å². The second-order valence-electron chi connectivity index (χ2n) is 4.85. The van der Waals surface area contributed by atoms with Crippen molar-refractivity contribution in [3.05, 3.63) is 12.7 Å². The number of thioether (sulfide) groups is 2. The molecule has 0 radical (unpaired) electrons. The lowest BCUT2D eigenvalue weighted by molar-refractivity contribution is 0.0991. The van der Waals surface area contributed by atoms with E-state index in [1.807, 2.05) is 29.6 Å². The quantitative estimate of drug-likeness (QED) is 0.698.